The molecule has 0 radical (unpaired) electrons. The fourth-order valence-corrected chi connectivity index (χ4v) is 3.78. The third kappa shape index (κ3) is 4.11. The molecule has 0 saturated carbocycles. The topological polar surface area (TPSA) is 75.2 Å². The lowest BCUT2D eigenvalue weighted by Crippen LogP contribution is -2.39. The van der Waals surface area contributed by atoms with Crippen LogP contribution in [0.2, 0.25) is 10.0 Å². The summed E-state index contributed by atoms with van der Waals surface area (Å²) in [4.78, 5) is 37.3. The molecule has 0 atom stereocenters. The van der Waals surface area contributed by atoms with Gasteiger partial charge in [0.25, 0.3) is 5.56 Å². The minimum absolute atomic E-state index is 0.0208. The van der Waals surface area contributed by atoms with Crippen molar-refractivity contribution in [2.45, 2.75) is 33.4 Å². The molecule has 3 rings (SSSR count). The summed E-state index contributed by atoms with van der Waals surface area (Å²) in [6, 6.07) is 6.92. The highest BCUT2D eigenvalue weighted by molar-refractivity contribution is 6.35. The maximum absolute atomic E-state index is 12.8. The van der Waals surface area contributed by atoms with Gasteiger partial charge in [0.2, 0.25) is 0 Å². The number of ether oxygens (including phenoxy) is 1. The number of nitrogens with zero attached hydrogens (tertiary/aromatic N) is 3. The Morgan fingerprint density at radius 3 is 2.52 bits per heavy atom. The molecule has 0 aliphatic rings. The van der Waals surface area contributed by atoms with Gasteiger partial charge in [-0.2, -0.15) is 0 Å². The van der Waals surface area contributed by atoms with Crippen LogP contribution in [0.15, 0.2) is 33.9 Å². The highest BCUT2D eigenvalue weighted by Crippen LogP contribution is 2.24. The average molecular weight is 438 g/mol. The summed E-state index contributed by atoms with van der Waals surface area (Å²) in [5.41, 5.74) is 1.15. The second-order valence-corrected chi connectivity index (χ2v) is 7.54. The first-order valence-corrected chi connectivity index (χ1v) is 9.89. The Labute approximate surface area is 177 Å². The molecule has 9 heteroatoms. The number of carbonyl (C=O) groups is 1. The summed E-state index contributed by atoms with van der Waals surface area (Å²) in [7, 11) is 1.42. The van der Waals surface area contributed by atoms with Crippen LogP contribution in [-0.2, 0) is 29.7 Å². The molecule has 0 spiro atoms. The number of halogens is 2. The van der Waals surface area contributed by atoms with E-state index in [9.17, 15) is 14.4 Å². The van der Waals surface area contributed by atoms with Crippen LogP contribution in [0.5, 0.6) is 0 Å². The van der Waals surface area contributed by atoms with Gasteiger partial charge >= 0.3 is 11.7 Å². The van der Waals surface area contributed by atoms with Crippen molar-refractivity contribution in [1.29, 1.82) is 0 Å². The number of carbonyl (C=O) groups excluding carboxylic acids is 1. The van der Waals surface area contributed by atoms with Crippen molar-refractivity contribution >= 4 is 40.2 Å². The lowest BCUT2D eigenvalue weighted by molar-refractivity contribution is -0.143. The Hall–Kier alpha value is -2.51. The molecule has 0 unspecified atom stereocenters. The fourth-order valence-electron chi connectivity index (χ4n) is 3.31. The van der Waals surface area contributed by atoms with E-state index in [-0.39, 0.29) is 25.1 Å². The van der Waals surface area contributed by atoms with Crippen LogP contribution in [0.4, 0.5) is 0 Å². The second-order valence-electron chi connectivity index (χ2n) is 6.70. The Bertz CT molecular complexity index is 1210. The summed E-state index contributed by atoms with van der Waals surface area (Å²) < 4.78 is 9.30. The highest BCUT2D eigenvalue weighted by atomic mass is 35.5. The van der Waals surface area contributed by atoms with Crippen molar-refractivity contribution in [3.63, 3.8) is 0 Å². The summed E-state index contributed by atoms with van der Waals surface area (Å²) >= 11 is 12.3. The number of fused-ring (bicyclic) bond motifs is 1. The lowest BCUT2D eigenvalue weighted by atomic mass is 10.2. The number of rotatable bonds is 6. The molecule has 0 saturated heterocycles. The molecule has 29 heavy (non-hydrogen) atoms. The van der Waals surface area contributed by atoms with Gasteiger partial charge in [0, 0.05) is 29.3 Å². The highest BCUT2D eigenvalue weighted by Gasteiger charge is 2.19. The van der Waals surface area contributed by atoms with Crippen molar-refractivity contribution < 1.29 is 9.53 Å². The van der Waals surface area contributed by atoms with E-state index in [0.29, 0.717) is 27.6 Å². The maximum atomic E-state index is 12.8. The third-order valence-corrected chi connectivity index (χ3v) is 5.36. The minimum Gasteiger partial charge on any atom is -0.466 e. The van der Waals surface area contributed by atoms with Gasteiger partial charge in [0.15, 0.2) is 0 Å². The Morgan fingerprint density at radius 2 is 1.86 bits per heavy atom. The van der Waals surface area contributed by atoms with Crippen molar-refractivity contribution in [2.24, 2.45) is 7.05 Å². The van der Waals surface area contributed by atoms with Crippen molar-refractivity contribution in [3.05, 3.63) is 66.4 Å². The molecular formula is C20H21Cl2N3O4. The number of hydrogen-bond donors (Lipinski definition) is 0. The minimum atomic E-state index is -0.492. The van der Waals surface area contributed by atoms with E-state index in [0.717, 1.165) is 15.8 Å². The van der Waals surface area contributed by atoms with Crippen molar-refractivity contribution in [3.8, 4) is 0 Å². The molecule has 3 aromatic rings. The van der Waals surface area contributed by atoms with Gasteiger partial charge in [0.1, 0.15) is 5.65 Å². The molecule has 0 amide bonds. The normalized spacial score (nSPS) is 11.2. The SMILES string of the molecule is CCOC(=O)CCn1c(=O)n(C)c(=O)c2cc(C)n(Cc3ccc(Cl)cc3Cl)c21. The van der Waals surface area contributed by atoms with Crippen LogP contribution in [-0.4, -0.2) is 26.3 Å². The van der Waals surface area contributed by atoms with Crippen LogP contribution in [0.3, 0.4) is 0 Å². The molecule has 154 valence electrons. The first kappa shape index (κ1) is 21.2. The molecule has 0 aliphatic heterocycles. The Morgan fingerprint density at radius 1 is 1.14 bits per heavy atom. The zero-order chi connectivity index (χ0) is 21.3. The predicted molar refractivity (Wildman–Crippen MR) is 113 cm³/mol. The van der Waals surface area contributed by atoms with Gasteiger partial charge in [-0.1, -0.05) is 29.3 Å². The van der Waals surface area contributed by atoms with Gasteiger partial charge < -0.3 is 9.30 Å². The van der Waals surface area contributed by atoms with Crippen LogP contribution < -0.4 is 11.2 Å². The van der Waals surface area contributed by atoms with E-state index in [4.69, 9.17) is 27.9 Å². The molecule has 1 aromatic carbocycles. The number of hydrogen-bond acceptors (Lipinski definition) is 4. The van der Waals surface area contributed by atoms with Crippen LogP contribution in [0, 0.1) is 6.92 Å². The zero-order valence-corrected chi connectivity index (χ0v) is 17.9. The van der Waals surface area contributed by atoms with Crippen LogP contribution in [0.1, 0.15) is 24.6 Å². The van der Waals surface area contributed by atoms with E-state index in [2.05, 4.69) is 0 Å². The van der Waals surface area contributed by atoms with Crippen LogP contribution in [0.25, 0.3) is 11.0 Å². The number of esters is 1. The first-order chi connectivity index (χ1) is 13.7. The van der Waals surface area contributed by atoms with E-state index in [1.165, 1.54) is 11.6 Å². The van der Waals surface area contributed by atoms with E-state index in [1.807, 2.05) is 11.5 Å². The standard InChI is InChI=1S/C20H21Cl2N3O4/c1-4-29-17(26)7-8-24-18-15(19(27)23(3)20(24)28)9-12(2)25(18)11-13-5-6-14(21)10-16(13)22/h5-6,9-10H,4,7-8,11H2,1-3H3. The second kappa shape index (κ2) is 8.47. The quantitative estimate of drug-likeness (QED) is 0.555. The van der Waals surface area contributed by atoms with Crippen LogP contribution >= 0.6 is 23.2 Å². The number of benzene rings is 1. The smallest absolute Gasteiger partial charge is 0.332 e. The van der Waals surface area contributed by atoms with Gasteiger partial charge in [-0.3, -0.25) is 18.7 Å². The average Bonchev–Trinajstić information content (AvgIpc) is 2.99. The van der Waals surface area contributed by atoms with E-state index < -0.39 is 11.7 Å². The molecule has 0 fully saturated rings. The molecular weight excluding hydrogens is 417 g/mol. The summed E-state index contributed by atoms with van der Waals surface area (Å²) in [6.45, 7) is 4.28. The summed E-state index contributed by atoms with van der Waals surface area (Å²) in [6.07, 6.45) is 0.0208. The molecule has 2 aromatic heterocycles. The van der Waals surface area contributed by atoms with Crippen molar-refractivity contribution in [2.75, 3.05) is 6.61 Å². The molecule has 7 nitrogen and oxygen atoms in total. The predicted octanol–water partition coefficient (Wildman–Crippen LogP) is 3.12. The summed E-state index contributed by atoms with van der Waals surface area (Å²) in [5.74, 6) is -0.406. The Kier molecular flexibility index (Phi) is 6.19. The van der Waals surface area contributed by atoms with Gasteiger partial charge in [-0.05, 0) is 37.6 Å². The largest absolute Gasteiger partial charge is 0.466 e. The maximum Gasteiger partial charge on any atom is 0.332 e. The monoisotopic (exact) mass is 437 g/mol. The first-order valence-electron chi connectivity index (χ1n) is 9.13. The molecule has 0 aliphatic carbocycles. The van der Waals surface area contributed by atoms with Crippen molar-refractivity contribution in [1.82, 2.24) is 13.7 Å². The zero-order valence-electron chi connectivity index (χ0n) is 16.4. The molecule has 0 N–H and O–H groups in total. The third-order valence-electron chi connectivity index (χ3n) is 4.77. The van der Waals surface area contributed by atoms with Gasteiger partial charge in [0.05, 0.1) is 25.0 Å². The fraction of sp³-hybridized carbons (Fsp3) is 0.350. The van der Waals surface area contributed by atoms with Gasteiger partial charge in [-0.15, -0.1) is 0 Å². The Balaban J connectivity index is 2.17. The van der Waals surface area contributed by atoms with Gasteiger partial charge in [-0.25, -0.2) is 4.79 Å². The number of aromatic nitrogens is 3. The molecule has 0 bridgehead atoms. The number of aryl methyl sites for hydroxylation is 2. The van der Waals surface area contributed by atoms with E-state index in [1.54, 1.807) is 31.2 Å². The molecule has 2 heterocycles. The lowest BCUT2D eigenvalue weighted by Gasteiger charge is -2.15. The summed E-state index contributed by atoms with van der Waals surface area (Å²) in [5, 5.41) is 1.41. The van der Waals surface area contributed by atoms with E-state index >= 15 is 0 Å².